The number of hydrogen-bond acceptors (Lipinski definition) is 3. The van der Waals surface area contributed by atoms with Crippen LogP contribution in [0.25, 0.3) is 0 Å². The molecule has 0 aliphatic heterocycles. The van der Waals surface area contributed by atoms with Gasteiger partial charge in [-0.2, -0.15) is 5.10 Å². The minimum absolute atomic E-state index is 0.172. The minimum atomic E-state index is -0.172. The molecule has 0 unspecified atom stereocenters. The van der Waals surface area contributed by atoms with Gasteiger partial charge >= 0.3 is 0 Å². The molecule has 88 valence electrons. The Morgan fingerprint density at radius 1 is 1.53 bits per heavy atom. The first kappa shape index (κ1) is 11.2. The molecule has 1 heterocycles. The number of phenols is 1. The van der Waals surface area contributed by atoms with Crippen LogP contribution in [0.3, 0.4) is 0 Å². The van der Waals surface area contributed by atoms with E-state index in [0.717, 1.165) is 5.56 Å². The maximum Gasteiger partial charge on any atom is 0.251 e. The van der Waals surface area contributed by atoms with Crippen molar-refractivity contribution < 1.29 is 9.90 Å². The van der Waals surface area contributed by atoms with Gasteiger partial charge in [0.1, 0.15) is 5.75 Å². The molecule has 1 aromatic heterocycles. The lowest BCUT2D eigenvalue weighted by Gasteiger charge is -2.05. The lowest BCUT2D eigenvalue weighted by Crippen LogP contribution is -2.22. The number of aromatic hydroxyl groups is 1. The molecule has 2 aromatic rings. The van der Waals surface area contributed by atoms with Crippen molar-refractivity contribution in [3.63, 3.8) is 0 Å². The van der Waals surface area contributed by atoms with Crippen LogP contribution in [-0.4, -0.2) is 21.2 Å². The molecule has 0 atom stereocenters. The van der Waals surface area contributed by atoms with Crippen LogP contribution in [0.4, 0.5) is 0 Å². The van der Waals surface area contributed by atoms with Gasteiger partial charge < -0.3 is 10.4 Å². The van der Waals surface area contributed by atoms with Crippen molar-refractivity contribution >= 4 is 5.91 Å². The molecule has 1 amide bonds. The molecule has 0 aliphatic carbocycles. The second kappa shape index (κ2) is 4.69. The molecule has 5 heteroatoms. The molecular formula is C12H13N3O2. The van der Waals surface area contributed by atoms with Gasteiger partial charge in [-0.3, -0.25) is 9.89 Å². The summed E-state index contributed by atoms with van der Waals surface area (Å²) in [5.74, 6) is 0.0192. The molecule has 0 bridgehead atoms. The number of aromatic amines is 1. The number of nitrogens with zero attached hydrogens (tertiary/aromatic N) is 1. The molecule has 1 aromatic carbocycles. The zero-order valence-electron chi connectivity index (χ0n) is 9.40. The van der Waals surface area contributed by atoms with Crippen molar-refractivity contribution in [2.24, 2.45) is 0 Å². The van der Waals surface area contributed by atoms with E-state index in [9.17, 15) is 9.90 Å². The Kier molecular flexibility index (Phi) is 3.09. The molecule has 2 rings (SSSR count). The van der Waals surface area contributed by atoms with E-state index in [1.807, 2.05) is 0 Å². The second-order valence-electron chi connectivity index (χ2n) is 3.79. The summed E-state index contributed by atoms with van der Waals surface area (Å²) in [4.78, 5) is 11.8. The van der Waals surface area contributed by atoms with E-state index in [0.29, 0.717) is 17.7 Å². The van der Waals surface area contributed by atoms with E-state index in [1.54, 1.807) is 31.5 Å². The first-order valence-electron chi connectivity index (χ1n) is 5.22. The summed E-state index contributed by atoms with van der Waals surface area (Å²) in [7, 11) is 0. The van der Waals surface area contributed by atoms with Gasteiger partial charge in [0.05, 0.1) is 6.20 Å². The molecule has 0 saturated heterocycles. The summed E-state index contributed by atoms with van der Waals surface area (Å²) in [6.45, 7) is 2.18. The van der Waals surface area contributed by atoms with Crippen molar-refractivity contribution in [1.82, 2.24) is 15.5 Å². The Hall–Kier alpha value is -2.30. The first-order valence-corrected chi connectivity index (χ1v) is 5.22. The first-order chi connectivity index (χ1) is 8.16. The number of hydrogen-bond donors (Lipinski definition) is 3. The number of H-pyrrole nitrogens is 1. The van der Waals surface area contributed by atoms with Gasteiger partial charge in [-0.1, -0.05) is 0 Å². The molecule has 3 N–H and O–H groups in total. The third kappa shape index (κ3) is 2.63. The van der Waals surface area contributed by atoms with Gasteiger partial charge in [-0.15, -0.1) is 0 Å². The summed E-state index contributed by atoms with van der Waals surface area (Å²) in [6.07, 6.45) is 3.38. The highest BCUT2D eigenvalue weighted by Gasteiger charge is 2.07. The van der Waals surface area contributed by atoms with Gasteiger partial charge in [-0.25, -0.2) is 0 Å². The van der Waals surface area contributed by atoms with E-state index in [4.69, 9.17) is 0 Å². The van der Waals surface area contributed by atoms with Crippen molar-refractivity contribution in [2.75, 3.05) is 0 Å². The summed E-state index contributed by atoms with van der Waals surface area (Å²) in [5.41, 5.74) is 2.12. The fourth-order valence-electron chi connectivity index (χ4n) is 1.46. The van der Waals surface area contributed by atoms with Gasteiger partial charge in [0.15, 0.2) is 0 Å². The highest BCUT2D eigenvalue weighted by Crippen LogP contribution is 2.16. The molecular weight excluding hydrogens is 218 g/mol. The van der Waals surface area contributed by atoms with Gasteiger partial charge in [-0.05, 0) is 30.7 Å². The smallest absolute Gasteiger partial charge is 0.251 e. The van der Waals surface area contributed by atoms with E-state index in [2.05, 4.69) is 15.5 Å². The lowest BCUT2D eigenvalue weighted by atomic mass is 10.1. The third-order valence-electron chi connectivity index (χ3n) is 2.47. The zero-order chi connectivity index (χ0) is 12.3. The summed E-state index contributed by atoms with van der Waals surface area (Å²) in [6, 6.07) is 4.76. The predicted octanol–water partition coefficient (Wildman–Crippen LogP) is 1.35. The van der Waals surface area contributed by atoms with Gasteiger partial charge in [0.2, 0.25) is 0 Å². The van der Waals surface area contributed by atoms with Crippen LogP contribution in [0.1, 0.15) is 21.5 Å². The normalized spacial score (nSPS) is 10.2. The fraction of sp³-hybridized carbons (Fsp3) is 0.167. The van der Waals surface area contributed by atoms with Crippen LogP contribution in [0.2, 0.25) is 0 Å². The SMILES string of the molecule is Cc1cc(C(=O)NCc2cn[nH]c2)ccc1O. The van der Waals surface area contributed by atoms with E-state index < -0.39 is 0 Å². The molecule has 0 spiro atoms. The lowest BCUT2D eigenvalue weighted by molar-refractivity contribution is 0.0951. The van der Waals surface area contributed by atoms with Crippen LogP contribution >= 0.6 is 0 Å². The van der Waals surface area contributed by atoms with Crippen molar-refractivity contribution in [1.29, 1.82) is 0 Å². The number of rotatable bonds is 3. The van der Waals surface area contributed by atoms with Crippen LogP contribution in [-0.2, 0) is 6.54 Å². The average molecular weight is 231 g/mol. The number of amides is 1. The Morgan fingerprint density at radius 3 is 3.00 bits per heavy atom. The highest BCUT2D eigenvalue weighted by molar-refractivity contribution is 5.94. The second-order valence-corrected chi connectivity index (χ2v) is 3.79. The summed E-state index contributed by atoms with van der Waals surface area (Å²) >= 11 is 0. The number of carbonyl (C=O) groups excluding carboxylic acids is 1. The number of carbonyl (C=O) groups is 1. The summed E-state index contributed by atoms with van der Waals surface area (Å²) < 4.78 is 0. The minimum Gasteiger partial charge on any atom is -0.508 e. The topological polar surface area (TPSA) is 78.0 Å². The number of benzene rings is 1. The monoisotopic (exact) mass is 231 g/mol. The van der Waals surface area contributed by atoms with E-state index in [1.165, 1.54) is 6.07 Å². The van der Waals surface area contributed by atoms with Crippen molar-refractivity contribution in [3.8, 4) is 5.75 Å². The quantitative estimate of drug-likeness (QED) is 0.746. The van der Waals surface area contributed by atoms with Crippen molar-refractivity contribution in [2.45, 2.75) is 13.5 Å². The fourth-order valence-corrected chi connectivity index (χ4v) is 1.46. The maximum atomic E-state index is 11.8. The average Bonchev–Trinajstić information content (AvgIpc) is 2.82. The van der Waals surface area contributed by atoms with Crippen LogP contribution in [0.15, 0.2) is 30.6 Å². The molecule has 0 aliphatic rings. The molecule has 0 fully saturated rings. The predicted molar refractivity (Wildman–Crippen MR) is 62.6 cm³/mol. The third-order valence-corrected chi connectivity index (χ3v) is 2.47. The molecule has 5 nitrogen and oxygen atoms in total. The van der Waals surface area contributed by atoms with Crippen LogP contribution in [0.5, 0.6) is 5.75 Å². The van der Waals surface area contributed by atoms with Gasteiger partial charge in [0, 0.05) is 23.9 Å². The molecule has 0 radical (unpaired) electrons. The van der Waals surface area contributed by atoms with Gasteiger partial charge in [0.25, 0.3) is 5.91 Å². The number of aromatic nitrogens is 2. The standard InChI is InChI=1S/C12H13N3O2/c1-8-4-10(2-3-11(8)16)12(17)13-5-9-6-14-15-7-9/h2-4,6-7,16H,5H2,1H3,(H,13,17)(H,14,15). The number of aryl methyl sites for hydroxylation is 1. The van der Waals surface area contributed by atoms with E-state index in [-0.39, 0.29) is 11.7 Å². The Balaban J connectivity index is 2.02. The molecule has 17 heavy (non-hydrogen) atoms. The Labute approximate surface area is 98.5 Å². The molecule has 0 saturated carbocycles. The van der Waals surface area contributed by atoms with E-state index >= 15 is 0 Å². The zero-order valence-corrected chi connectivity index (χ0v) is 9.40. The maximum absolute atomic E-state index is 11.8. The van der Waals surface area contributed by atoms with Crippen LogP contribution in [0, 0.1) is 6.92 Å². The van der Waals surface area contributed by atoms with Crippen molar-refractivity contribution in [3.05, 3.63) is 47.3 Å². The highest BCUT2D eigenvalue weighted by atomic mass is 16.3. The Bertz CT molecular complexity index is 521. The largest absolute Gasteiger partial charge is 0.508 e. The Morgan fingerprint density at radius 2 is 2.35 bits per heavy atom. The number of nitrogens with one attached hydrogen (secondary N) is 2. The van der Waals surface area contributed by atoms with Crippen LogP contribution < -0.4 is 5.32 Å². The number of phenolic OH excluding ortho intramolecular Hbond substituents is 1. The summed E-state index contributed by atoms with van der Waals surface area (Å²) in [5, 5.41) is 18.6.